The van der Waals surface area contributed by atoms with Crippen molar-refractivity contribution in [3.05, 3.63) is 83.7 Å². The molecule has 0 saturated carbocycles. The van der Waals surface area contributed by atoms with Gasteiger partial charge >= 0.3 is 5.97 Å². The van der Waals surface area contributed by atoms with Crippen molar-refractivity contribution in [1.29, 1.82) is 0 Å². The van der Waals surface area contributed by atoms with Gasteiger partial charge in [-0.05, 0) is 66.4 Å². The van der Waals surface area contributed by atoms with E-state index in [0.29, 0.717) is 5.56 Å². The van der Waals surface area contributed by atoms with Crippen LogP contribution in [0.25, 0.3) is 11.1 Å². The van der Waals surface area contributed by atoms with E-state index in [-0.39, 0.29) is 5.75 Å². The standard InChI is InChI=1S/C28H31FO3/c1-3-4-5-6-7-8-19-31-25-16-14-23(15-17-25)22-10-12-24(13-11-22)28(30)32-27-18-9-21(2)20-26(27)29/h9-18,20H,3-8,19H2,1-2H3. The molecule has 0 radical (unpaired) electrons. The first kappa shape index (κ1) is 23.5. The molecule has 0 aliphatic heterocycles. The number of esters is 1. The molecule has 0 fully saturated rings. The molecule has 0 atom stereocenters. The number of benzene rings is 3. The van der Waals surface area contributed by atoms with E-state index in [4.69, 9.17) is 9.47 Å². The quantitative estimate of drug-likeness (QED) is 0.176. The molecular formula is C28H31FO3. The second-order valence-electron chi connectivity index (χ2n) is 8.04. The van der Waals surface area contributed by atoms with Crippen LogP contribution >= 0.6 is 0 Å². The third kappa shape index (κ3) is 6.94. The van der Waals surface area contributed by atoms with Gasteiger partial charge in [-0.15, -0.1) is 0 Å². The molecule has 168 valence electrons. The van der Waals surface area contributed by atoms with E-state index >= 15 is 0 Å². The Bertz CT molecular complexity index is 994. The van der Waals surface area contributed by atoms with Gasteiger partial charge in [0.2, 0.25) is 0 Å². The van der Waals surface area contributed by atoms with Crippen molar-refractivity contribution >= 4 is 5.97 Å². The van der Waals surface area contributed by atoms with Crippen molar-refractivity contribution in [2.75, 3.05) is 6.61 Å². The van der Waals surface area contributed by atoms with Crippen molar-refractivity contribution in [3.8, 4) is 22.6 Å². The molecule has 0 aliphatic carbocycles. The maximum atomic E-state index is 13.9. The van der Waals surface area contributed by atoms with E-state index in [1.54, 1.807) is 25.1 Å². The maximum Gasteiger partial charge on any atom is 0.343 e. The molecule has 0 amide bonds. The lowest BCUT2D eigenvalue weighted by molar-refractivity contribution is 0.0728. The van der Waals surface area contributed by atoms with Crippen molar-refractivity contribution < 1.29 is 18.7 Å². The van der Waals surface area contributed by atoms with Gasteiger partial charge < -0.3 is 9.47 Å². The van der Waals surface area contributed by atoms with E-state index < -0.39 is 11.8 Å². The summed E-state index contributed by atoms with van der Waals surface area (Å²) in [7, 11) is 0. The van der Waals surface area contributed by atoms with E-state index in [9.17, 15) is 9.18 Å². The van der Waals surface area contributed by atoms with Crippen LogP contribution in [0.5, 0.6) is 11.5 Å². The second kappa shape index (κ2) is 12.0. The summed E-state index contributed by atoms with van der Waals surface area (Å²) in [6.45, 7) is 4.75. The number of carbonyl (C=O) groups is 1. The van der Waals surface area contributed by atoms with Crippen molar-refractivity contribution in [2.24, 2.45) is 0 Å². The summed E-state index contributed by atoms with van der Waals surface area (Å²) in [5, 5.41) is 0. The van der Waals surface area contributed by atoms with Crippen LogP contribution in [0.4, 0.5) is 4.39 Å². The third-order valence-corrected chi connectivity index (χ3v) is 5.36. The summed E-state index contributed by atoms with van der Waals surface area (Å²) in [5.74, 6) is -0.338. The minimum absolute atomic E-state index is 0.0683. The van der Waals surface area contributed by atoms with Crippen LogP contribution in [0, 0.1) is 12.7 Å². The van der Waals surface area contributed by atoms with Crippen molar-refractivity contribution in [1.82, 2.24) is 0 Å². The molecule has 0 saturated heterocycles. The predicted molar refractivity (Wildman–Crippen MR) is 127 cm³/mol. The van der Waals surface area contributed by atoms with Crippen LogP contribution < -0.4 is 9.47 Å². The third-order valence-electron chi connectivity index (χ3n) is 5.36. The molecule has 3 nitrogen and oxygen atoms in total. The summed E-state index contributed by atoms with van der Waals surface area (Å²) in [6.07, 6.45) is 7.46. The monoisotopic (exact) mass is 434 g/mol. The first-order chi connectivity index (χ1) is 15.6. The number of unbranched alkanes of at least 4 members (excludes halogenated alkanes) is 5. The van der Waals surface area contributed by atoms with Gasteiger partial charge in [0.25, 0.3) is 0 Å². The number of halogens is 1. The predicted octanol–water partition coefficient (Wildman–Crippen LogP) is 7.76. The van der Waals surface area contributed by atoms with Crippen molar-refractivity contribution in [2.45, 2.75) is 52.4 Å². The van der Waals surface area contributed by atoms with E-state index in [2.05, 4.69) is 6.92 Å². The number of hydrogen-bond donors (Lipinski definition) is 0. The highest BCUT2D eigenvalue weighted by molar-refractivity contribution is 5.91. The smallest absolute Gasteiger partial charge is 0.343 e. The summed E-state index contributed by atoms with van der Waals surface area (Å²) in [6, 6.07) is 19.5. The zero-order valence-corrected chi connectivity index (χ0v) is 18.9. The Morgan fingerprint density at radius 2 is 1.44 bits per heavy atom. The fourth-order valence-corrected chi connectivity index (χ4v) is 3.46. The van der Waals surface area contributed by atoms with E-state index in [1.165, 1.54) is 44.2 Å². The van der Waals surface area contributed by atoms with Crippen LogP contribution in [0.3, 0.4) is 0 Å². The van der Waals surface area contributed by atoms with Crippen molar-refractivity contribution in [3.63, 3.8) is 0 Å². The highest BCUT2D eigenvalue weighted by Crippen LogP contribution is 2.24. The molecule has 32 heavy (non-hydrogen) atoms. The van der Waals surface area contributed by atoms with Gasteiger partial charge in [-0.2, -0.15) is 0 Å². The summed E-state index contributed by atoms with van der Waals surface area (Å²) in [4.78, 5) is 12.3. The number of rotatable bonds is 11. The largest absolute Gasteiger partial charge is 0.494 e. The molecule has 3 aromatic rings. The lowest BCUT2D eigenvalue weighted by atomic mass is 10.0. The fraction of sp³-hybridized carbons (Fsp3) is 0.321. The molecule has 0 bridgehead atoms. The van der Waals surface area contributed by atoms with Crippen LogP contribution in [0.15, 0.2) is 66.7 Å². The van der Waals surface area contributed by atoms with Gasteiger partial charge in [0.05, 0.1) is 12.2 Å². The van der Waals surface area contributed by atoms with E-state index in [0.717, 1.165) is 35.5 Å². The lowest BCUT2D eigenvalue weighted by Gasteiger charge is -2.09. The fourth-order valence-electron chi connectivity index (χ4n) is 3.46. The molecule has 3 aromatic carbocycles. The first-order valence-corrected chi connectivity index (χ1v) is 11.4. The van der Waals surface area contributed by atoms with Crippen LogP contribution in [0.1, 0.15) is 61.4 Å². The van der Waals surface area contributed by atoms with Crippen LogP contribution in [0.2, 0.25) is 0 Å². The second-order valence-corrected chi connectivity index (χ2v) is 8.04. The molecule has 3 rings (SSSR count). The first-order valence-electron chi connectivity index (χ1n) is 11.4. The minimum atomic E-state index is -0.585. The Labute approximate surface area is 190 Å². The molecular weight excluding hydrogens is 403 g/mol. The lowest BCUT2D eigenvalue weighted by Crippen LogP contribution is -2.09. The highest BCUT2D eigenvalue weighted by Gasteiger charge is 2.12. The number of aryl methyl sites for hydroxylation is 1. The van der Waals surface area contributed by atoms with E-state index in [1.807, 2.05) is 36.4 Å². The topological polar surface area (TPSA) is 35.5 Å². The van der Waals surface area contributed by atoms with Gasteiger partial charge in [0, 0.05) is 0 Å². The van der Waals surface area contributed by atoms with Gasteiger partial charge in [-0.25, -0.2) is 9.18 Å². The summed E-state index contributed by atoms with van der Waals surface area (Å²) >= 11 is 0. The number of carbonyl (C=O) groups excluding carboxylic acids is 1. The van der Waals surface area contributed by atoms with Gasteiger partial charge in [-0.1, -0.05) is 69.4 Å². The Morgan fingerprint density at radius 3 is 2.09 bits per heavy atom. The van der Waals surface area contributed by atoms with Gasteiger partial charge in [0.15, 0.2) is 11.6 Å². The van der Waals surface area contributed by atoms with Crippen LogP contribution in [-0.4, -0.2) is 12.6 Å². The highest BCUT2D eigenvalue weighted by atomic mass is 19.1. The molecule has 0 unspecified atom stereocenters. The molecule has 0 spiro atoms. The Morgan fingerprint density at radius 1 is 0.812 bits per heavy atom. The number of ether oxygens (including phenoxy) is 2. The normalized spacial score (nSPS) is 10.7. The zero-order chi connectivity index (χ0) is 22.8. The summed E-state index contributed by atoms with van der Waals surface area (Å²) in [5.41, 5.74) is 3.14. The molecule has 0 aromatic heterocycles. The average Bonchev–Trinajstić information content (AvgIpc) is 2.81. The van der Waals surface area contributed by atoms with Gasteiger partial charge in [0.1, 0.15) is 5.75 Å². The molecule has 0 N–H and O–H groups in total. The zero-order valence-electron chi connectivity index (χ0n) is 18.9. The Kier molecular flexibility index (Phi) is 8.85. The maximum absolute atomic E-state index is 13.9. The Hall–Kier alpha value is -3.14. The van der Waals surface area contributed by atoms with Crippen LogP contribution in [-0.2, 0) is 0 Å². The molecule has 0 aliphatic rings. The average molecular weight is 435 g/mol. The molecule has 4 heteroatoms. The SMILES string of the molecule is CCCCCCCCOc1ccc(-c2ccc(C(=O)Oc3ccc(C)cc3F)cc2)cc1. The Balaban J connectivity index is 1.51. The molecule has 0 heterocycles. The van der Waals surface area contributed by atoms with Gasteiger partial charge in [-0.3, -0.25) is 0 Å². The number of hydrogen-bond acceptors (Lipinski definition) is 3. The minimum Gasteiger partial charge on any atom is -0.494 e. The summed E-state index contributed by atoms with van der Waals surface area (Å²) < 4.78 is 24.9.